The number of halogens is 3. The number of aromatic nitrogens is 1. The molecule has 1 saturated carbocycles. The summed E-state index contributed by atoms with van der Waals surface area (Å²) in [5, 5.41) is 8.97. The summed E-state index contributed by atoms with van der Waals surface area (Å²) in [6.45, 7) is 0. The van der Waals surface area contributed by atoms with Crippen molar-refractivity contribution in [3.05, 3.63) is 28.5 Å². The van der Waals surface area contributed by atoms with Crippen molar-refractivity contribution in [1.82, 2.24) is 4.98 Å². The highest BCUT2D eigenvalue weighted by molar-refractivity contribution is 9.10. The van der Waals surface area contributed by atoms with Crippen LogP contribution in [0.2, 0.25) is 0 Å². The molecule has 0 saturated heterocycles. The first-order valence-electron chi connectivity index (χ1n) is 4.39. The number of rotatable bonds is 1. The molecule has 0 amide bonds. The Morgan fingerprint density at radius 3 is 2.47 bits per heavy atom. The number of hydrogen-bond donors (Lipinski definition) is 0. The van der Waals surface area contributed by atoms with Gasteiger partial charge in [-0.15, -0.1) is 0 Å². The van der Waals surface area contributed by atoms with Gasteiger partial charge in [0.05, 0.1) is 11.5 Å². The molecule has 0 atom stereocenters. The van der Waals surface area contributed by atoms with E-state index in [0.717, 1.165) is 0 Å². The summed E-state index contributed by atoms with van der Waals surface area (Å²) in [6.07, 6.45) is 0.669. The molecule has 0 radical (unpaired) electrons. The van der Waals surface area contributed by atoms with E-state index in [-0.39, 0.29) is 0 Å². The molecule has 2 nitrogen and oxygen atoms in total. The third-order valence-electron chi connectivity index (χ3n) is 2.61. The van der Waals surface area contributed by atoms with E-state index in [1.165, 1.54) is 6.20 Å². The molecular formula is C10H7BrF2N2. The van der Waals surface area contributed by atoms with Gasteiger partial charge >= 0.3 is 0 Å². The Kier molecular flexibility index (Phi) is 2.27. The van der Waals surface area contributed by atoms with Crippen LogP contribution in [0.1, 0.15) is 18.4 Å². The van der Waals surface area contributed by atoms with Crippen LogP contribution < -0.4 is 0 Å². The van der Waals surface area contributed by atoms with Gasteiger partial charge in [0.25, 0.3) is 5.92 Å². The molecule has 0 bridgehead atoms. The van der Waals surface area contributed by atoms with Crippen molar-refractivity contribution in [2.45, 2.75) is 24.2 Å². The first kappa shape index (κ1) is 10.5. The van der Waals surface area contributed by atoms with Crippen LogP contribution >= 0.6 is 15.9 Å². The molecular weight excluding hydrogens is 266 g/mol. The molecule has 1 fully saturated rings. The lowest BCUT2D eigenvalue weighted by Gasteiger charge is -2.42. The molecule has 0 aromatic carbocycles. The predicted molar refractivity (Wildman–Crippen MR) is 53.4 cm³/mol. The Hall–Kier alpha value is -1.02. The topological polar surface area (TPSA) is 36.7 Å². The molecule has 5 heteroatoms. The van der Waals surface area contributed by atoms with Crippen molar-refractivity contribution in [2.24, 2.45) is 0 Å². The summed E-state index contributed by atoms with van der Waals surface area (Å²) >= 11 is 3.15. The van der Waals surface area contributed by atoms with Crippen LogP contribution in [0.3, 0.4) is 0 Å². The maximum atomic E-state index is 12.8. The number of alkyl halides is 2. The van der Waals surface area contributed by atoms with E-state index in [2.05, 4.69) is 20.9 Å². The smallest absolute Gasteiger partial charge is 0.249 e. The molecule has 1 aromatic heterocycles. The maximum Gasteiger partial charge on any atom is 0.251 e. The van der Waals surface area contributed by atoms with Crippen molar-refractivity contribution in [2.75, 3.05) is 0 Å². The fraction of sp³-hybridized carbons (Fsp3) is 0.400. The van der Waals surface area contributed by atoms with Gasteiger partial charge in [0.2, 0.25) is 0 Å². The minimum atomic E-state index is -2.71. The highest BCUT2D eigenvalue weighted by Gasteiger charge is 2.58. The van der Waals surface area contributed by atoms with Crippen molar-refractivity contribution in [3.63, 3.8) is 0 Å². The molecule has 1 aliphatic rings. The second-order valence-electron chi connectivity index (χ2n) is 3.77. The zero-order chi connectivity index (χ0) is 11.1. The third kappa shape index (κ3) is 1.74. The van der Waals surface area contributed by atoms with E-state index in [0.29, 0.717) is 10.2 Å². The number of hydrogen-bond acceptors (Lipinski definition) is 2. The molecule has 0 spiro atoms. The largest absolute Gasteiger partial charge is 0.251 e. The minimum Gasteiger partial charge on any atom is -0.249 e. The normalized spacial score (nSPS) is 21.5. The predicted octanol–water partition coefficient (Wildman–Crippen LogP) is 3.03. The number of nitrogens with zero attached hydrogens (tertiary/aromatic N) is 2. The molecule has 2 rings (SSSR count). The molecule has 1 heterocycles. The van der Waals surface area contributed by atoms with Crippen LogP contribution in [0, 0.1) is 11.3 Å². The van der Waals surface area contributed by atoms with Crippen LogP contribution in [0.4, 0.5) is 8.78 Å². The molecule has 78 valence electrons. The van der Waals surface area contributed by atoms with E-state index in [1.807, 2.05) is 6.07 Å². The van der Waals surface area contributed by atoms with E-state index < -0.39 is 24.2 Å². The lowest BCUT2D eigenvalue weighted by atomic mass is 9.63. The number of nitriles is 1. The lowest BCUT2D eigenvalue weighted by Crippen LogP contribution is -2.48. The fourth-order valence-corrected chi connectivity index (χ4v) is 2.07. The van der Waals surface area contributed by atoms with Gasteiger partial charge in [0.1, 0.15) is 4.60 Å². The van der Waals surface area contributed by atoms with Crippen LogP contribution in [0.25, 0.3) is 0 Å². The Balaban J connectivity index is 2.31. The van der Waals surface area contributed by atoms with Crippen molar-refractivity contribution in [3.8, 4) is 6.07 Å². The zero-order valence-corrected chi connectivity index (χ0v) is 9.26. The second-order valence-corrected chi connectivity index (χ2v) is 4.59. The second kappa shape index (κ2) is 3.24. The van der Waals surface area contributed by atoms with E-state index in [1.54, 1.807) is 12.1 Å². The SMILES string of the molecule is N#CC1(c2ccc(Br)nc2)CC(F)(F)C1. The Bertz CT molecular complexity index is 414. The third-order valence-corrected chi connectivity index (χ3v) is 3.08. The van der Waals surface area contributed by atoms with E-state index >= 15 is 0 Å². The summed E-state index contributed by atoms with van der Waals surface area (Å²) in [4.78, 5) is 3.94. The first-order valence-corrected chi connectivity index (χ1v) is 5.18. The van der Waals surface area contributed by atoms with Gasteiger partial charge < -0.3 is 0 Å². The average molecular weight is 273 g/mol. The van der Waals surface area contributed by atoms with Gasteiger partial charge in [-0.25, -0.2) is 13.8 Å². The lowest BCUT2D eigenvalue weighted by molar-refractivity contribution is -0.109. The van der Waals surface area contributed by atoms with Gasteiger partial charge in [-0.05, 0) is 27.6 Å². The Labute approximate surface area is 94.1 Å². The fourth-order valence-electron chi connectivity index (χ4n) is 1.84. The monoisotopic (exact) mass is 272 g/mol. The van der Waals surface area contributed by atoms with Gasteiger partial charge in [-0.2, -0.15) is 5.26 Å². The van der Waals surface area contributed by atoms with E-state index in [4.69, 9.17) is 5.26 Å². The molecule has 1 aliphatic carbocycles. The van der Waals surface area contributed by atoms with Crippen LogP contribution in [-0.4, -0.2) is 10.9 Å². The Morgan fingerprint density at radius 1 is 1.40 bits per heavy atom. The van der Waals surface area contributed by atoms with Crippen LogP contribution in [-0.2, 0) is 5.41 Å². The maximum absolute atomic E-state index is 12.8. The molecule has 15 heavy (non-hydrogen) atoms. The summed E-state index contributed by atoms with van der Waals surface area (Å²) in [5.74, 6) is -2.71. The molecule has 1 aromatic rings. The molecule has 0 unspecified atom stereocenters. The van der Waals surface area contributed by atoms with Crippen molar-refractivity contribution < 1.29 is 8.78 Å². The summed E-state index contributed by atoms with van der Waals surface area (Å²) < 4.78 is 26.2. The quantitative estimate of drug-likeness (QED) is 0.737. The standard InChI is InChI=1S/C10H7BrF2N2/c11-8-2-1-7(3-15-8)9(6-14)4-10(12,13)5-9/h1-3H,4-5H2. The van der Waals surface area contributed by atoms with Crippen LogP contribution in [0.5, 0.6) is 0 Å². The summed E-state index contributed by atoms with van der Waals surface area (Å²) in [7, 11) is 0. The number of pyridine rings is 1. The van der Waals surface area contributed by atoms with Crippen molar-refractivity contribution in [1.29, 1.82) is 5.26 Å². The molecule has 0 aliphatic heterocycles. The zero-order valence-electron chi connectivity index (χ0n) is 7.67. The highest BCUT2D eigenvalue weighted by atomic mass is 79.9. The van der Waals surface area contributed by atoms with Gasteiger partial charge in [0.15, 0.2) is 0 Å². The van der Waals surface area contributed by atoms with Crippen LogP contribution in [0.15, 0.2) is 22.9 Å². The van der Waals surface area contributed by atoms with Crippen molar-refractivity contribution >= 4 is 15.9 Å². The molecule has 0 N–H and O–H groups in total. The van der Waals surface area contributed by atoms with Gasteiger partial charge in [0, 0.05) is 19.0 Å². The van der Waals surface area contributed by atoms with Gasteiger partial charge in [-0.1, -0.05) is 6.07 Å². The first-order chi connectivity index (χ1) is 6.97. The highest BCUT2D eigenvalue weighted by Crippen LogP contribution is 2.52. The minimum absolute atomic E-state index is 0.403. The summed E-state index contributed by atoms with van der Waals surface area (Å²) in [5.41, 5.74) is -0.476. The van der Waals surface area contributed by atoms with Gasteiger partial charge in [-0.3, -0.25) is 0 Å². The summed E-state index contributed by atoms with van der Waals surface area (Å²) in [6, 6.07) is 5.29. The average Bonchev–Trinajstić information content (AvgIpc) is 2.14. The van der Waals surface area contributed by atoms with E-state index in [9.17, 15) is 8.78 Å². The Morgan fingerprint density at radius 2 is 2.07 bits per heavy atom.